The summed E-state index contributed by atoms with van der Waals surface area (Å²) < 4.78 is 19.4. The molecular weight excluding hydrogens is 802 g/mol. The first kappa shape index (κ1) is 47.9. The van der Waals surface area contributed by atoms with Crippen molar-refractivity contribution in [3.8, 4) is 12.3 Å². The zero-order chi connectivity index (χ0) is 42.0. The van der Waals surface area contributed by atoms with Gasteiger partial charge in [-0.2, -0.15) is 15.0 Å². The van der Waals surface area contributed by atoms with Gasteiger partial charge in [0.25, 0.3) is 0 Å². The molecule has 23 heteroatoms. The van der Waals surface area contributed by atoms with Crippen LogP contribution in [0.2, 0.25) is 0 Å². The molecule has 2 aliphatic rings. The van der Waals surface area contributed by atoms with E-state index in [2.05, 4.69) is 31.9 Å². The van der Waals surface area contributed by atoms with E-state index in [-0.39, 0.29) is 37.4 Å². The molecule has 2 amide bonds. The van der Waals surface area contributed by atoms with Gasteiger partial charge in [-0.15, -0.1) is 29.0 Å². The van der Waals surface area contributed by atoms with Crippen LogP contribution in [0.4, 0.5) is 17.8 Å². The smallest absolute Gasteiger partial charge is 0.250 e. The first-order valence-electron chi connectivity index (χ1n) is 20.2. The number of piperazine rings is 2. The highest BCUT2D eigenvalue weighted by Gasteiger charge is 2.34. The van der Waals surface area contributed by atoms with Crippen LogP contribution < -0.4 is 20.9 Å². The second-order valence-corrected chi connectivity index (χ2v) is 14.4. The fraction of sp³-hybridized carbons (Fsp3) is 0.703. The summed E-state index contributed by atoms with van der Waals surface area (Å²) in [4.78, 5) is 48.8. The summed E-state index contributed by atoms with van der Waals surface area (Å²) in [5.74, 6) is 3.37. The number of terminal acetylenes is 1. The maximum atomic E-state index is 13.8. The average Bonchev–Trinajstić information content (AvgIpc) is 3.88. The number of rotatable bonds is 24. The highest BCUT2D eigenvalue weighted by molar-refractivity contribution is 5.85. The molecule has 0 aliphatic carbocycles. The van der Waals surface area contributed by atoms with E-state index in [1.807, 2.05) is 9.80 Å². The van der Waals surface area contributed by atoms with Crippen LogP contribution in [0.25, 0.3) is 0 Å². The van der Waals surface area contributed by atoms with Gasteiger partial charge >= 0.3 is 0 Å². The summed E-state index contributed by atoms with van der Waals surface area (Å²) in [6.07, 6.45) is 9.83. The highest BCUT2D eigenvalue weighted by atomic mass is 35.5. The van der Waals surface area contributed by atoms with E-state index in [9.17, 15) is 19.8 Å². The number of hydrogen-bond acceptors (Lipinski definition) is 18. The number of nitrogens with zero attached hydrogens (tertiary/aromatic N) is 13. The third-order valence-corrected chi connectivity index (χ3v) is 9.69. The van der Waals surface area contributed by atoms with E-state index in [0.29, 0.717) is 135 Å². The molecule has 332 valence electrons. The molecule has 3 aromatic rings. The van der Waals surface area contributed by atoms with Crippen LogP contribution in [0.1, 0.15) is 44.1 Å². The lowest BCUT2D eigenvalue weighted by atomic mass is 10.1. The molecule has 5 N–H and O–H groups in total. The maximum Gasteiger partial charge on any atom is 0.250 e. The number of amides is 2. The molecule has 3 aromatic heterocycles. The lowest BCUT2D eigenvalue weighted by Gasteiger charge is -2.37. The average molecular weight is 862 g/mol. The Labute approximate surface area is 356 Å². The summed E-state index contributed by atoms with van der Waals surface area (Å²) in [7, 11) is 0. The molecule has 2 fully saturated rings. The van der Waals surface area contributed by atoms with Gasteiger partial charge in [0.2, 0.25) is 29.7 Å². The Balaban J connectivity index is 0.00000794. The van der Waals surface area contributed by atoms with Gasteiger partial charge in [0.1, 0.15) is 13.2 Å². The lowest BCUT2D eigenvalue weighted by molar-refractivity contribution is -0.138. The highest BCUT2D eigenvalue weighted by Crippen LogP contribution is 2.22. The zero-order valence-electron chi connectivity index (χ0n) is 34.5. The van der Waals surface area contributed by atoms with E-state index in [1.165, 1.54) is 9.36 Å². The fourth-order valence-electron chi connectivity index (χ4n) is 6.60. The molecule has 2 aliphatic heterocycles. The molecule has 5 rings (SSSR count). The van der Waals surface area contributed by atoms with Gasteiger partial charge in [-0.1, -0.05) is 16.3 Å². The van der Waals surface area contributed by atoms with E-state index < -0.39 is 18.2 Å². The molecule has 5 heterocycles. The van der Waals surface area contributed by atoms with Crippen LogP contribution in [0.5, 0.6) is 0 Å². The number of carbonyl (C=O) groups is 2. The summed E-state index contributed by atoms with van der Waals surface area (Å²) >= 11 is 0. The zero-order valence-corrected chi connectivity index (χ0v) is 35.4. The van der Waals surface area contributed by atoms with Crippen LogP contribution in [-0.2, 0) is 43.2 Å². The Bertz CT molecular complexity index is 1780. The van der Waals surface area contributed by atoms with E-state index in [4.69, 9.17) is 41.3 Å². The molecule has 22 nitrogen and oxygen atoms in total. The number of aliphatic hydroxyl groups excluding tert-OH is 2. The van der Waals surface area contributed by atoms with Crippen LogP contribution in [0.3, 0.4) is 0 Å². The molecule has 0 aromatic carbocycles. The number of hydrogen-bond donors (Lipinski definition) is 4. The minimum Gasteiger partial charge on any atom is -0.393 e. The normalized spacial score (nSPS) is 15.9. The Kier molecular flexibility index (Phi) is 20.1. The van der Waals surface area contributed by atoms with Gasteiger partial charge in [0.15, 0.2) is 6.04 Å². The van der Waals surface area contributed by atoms with Gasteiger partial charge in [-0.3, -0.25) is 9.59 Å². The van der Waals surface area contributed by atoms with Crippen LogP contribution in [0, 0.1) is 12.3 Å². The number of anilines is 3. The third kappa shape index (κ3) is 14.8. The summed E-state index contributed by atoms with van der Waals surface area (Å²) in [6, 6.07) is -0.909. The number of aromatic nitrogens is 9. The number of carbonyl (C=O) groups excluding carboxylic acids is 2. The third-order valence-electron chi connectivity index (χ3n) is 9.69. The first-order chi connectivity index (χ1) is 28.6. The molecular formula is C37H60ClN15O7. The van der Waals surface area contributed by atoms with Gasteiger partial charge in [-0.25, -0.2) is 9.36 Å². The van der Waals surface area contributed by atoms with E-state index >= 15 is 0 Å². The van der Waals surface area contributed by atoms with Crippen LogP contribution in [-0.4, -0.2) is 194 Å². The summed E-state index contributed by atoms with van der Waals surface area (Å²) in [6.45, 7) is 10.2. The Morgan fingerprint density at radius 2 is 1.45 bits per heavy atom. The van der Waals surface area contributed by atoms with Gasteiger partial charge in [-0.05, 0) is 39.7 Å². The number of nitrogens with two attached hydrogens (primary N) is 1. The van der Waals surface area contributed by atoms with Gasteiger partial charge in [0, 0.05) is 77.7 Å². The molecule has 2 saturated heterocycles. The minimum atomic E-state index is -0.985. The van der Waals surface area contributed by atoms with Crippen molar-refractivity contribution in [2.45, 2.75) is 64.3 Å². The lowest BCUT2D eigenvalue weighted by Crippen LogP contribution is -2.52. The number of aryl methyl sites for hydroxylation is 1. The Morgan fingerprint density at radius 3 is 2.07 bits per heavy atom. The second kappa shape index (κ2) is 25.1. The van der Waals surface area contributed by atoms with Gasteiger partial charge in [0.05, 0.1) is 56.6 Å². The quantitative estimate of drug-likeness (QED) is 0.0584. The van der Waals surface area contributed by atoms with Crippen molar-refractivity contribution < 1.29 is 34.0 Å². The number of ether oxygens (including phenoxy) is 3. The van der Waals surface area contributed by atoms with Crippen molar-refractivity contribution in [2.75, 3.05) is 120 Å². The predicted molar refractivity (Wildman–Crippen MR) is 223 cm³/mol. The topological polar surface area (TPSA) is 253 Å². The van der Waals surface area contributed by atoms with Crippen molar-refractivity contribution in [3.63, 3.8) is 0 Å². The molecule has 3 atom stereocenters. The molecule has 60 heavy (non-hydrogen) atoms. The largest absolute Gasteiger partial charge is 0.393 e. The van der Waals surface area contributed by atoms with E-state index in [1.54, 1.807) is 36.0 Å². The minimum absolute atomic E-state index is 0. The SMILES string of the molecule is C#CCOCCOCCOCCNc1nc(N2CCN(C(=O)Cn3cc(CC(C)O)nn3)CC2)nc(N2CCN(C(=O)[C@H]([C@@H](C)O)n3cc(CCCCN)nn3)CC2)n1.Cl. The molecule has 0 radical (unpaired) electrons. The van der Waals surface area contributed by atoms with Crippen molar-refractivity contribution in [1.82, 2.24) is 54.7 Å². The fourth-order valence-corrected chi connectivity index (χ4v) is 6.60. The van der Waals surface area contributed by atoms with Crippen molar-refractivity contribution in [3.05, 3.63) is 23.8 Å². The predicted octanol–water partition coefficient (Wildman–Crippen LogP) is -1.60. The van der Waals surface area contributed by atoms with Crippen molar-refractivity contribution in [2.24, 2.45) is 5.73 Å². The Morgan fingerprint density at radius 1 is 0.833 bits per heavy atom. The van der Waals surface area contributed by atoms with Crippen molar-refractivity contribution >= 4 is 42.1 Å². The van der Waals surface area contributed by atoms with E-state index in [0.717, 1.165) is 18.5 Å². The van der Waals surface area contributed by atoms with Crippen LogP contribution >= 0.6 is 12.4 Å². The Hall–Kier alpha value is -4.76. The summed E-state index contributed by atoms with van der Waals surface area (Å²) in [5.41, 5.74) is 7.00. The monoisotopic (exact) mass is 861 g/mol. The molecule has 0 bridgehead atoms. The number of aliphatic hydroxyl groups is 2. The maximum absolute atomic E-state index is 13.8. The summed E-state index contributed by atoms with van der Waals surface area (Å²) in [5, 5.41) is 40.0. The van der Waals surface area contributed by atoms with Gasteiger partial charge < -0.3 is 55.1 Å². The van der Waals surface area contributed by atoms with Crippen LogP contribution in [0.15, 0.2) is 12.4 Å². The molecule has 0 saturated carbocycles. The number of unbranched alkanes of at least 4 members (excludes halogenated alkanes) is 1. The molecule has 1 unspecified atom stereocenters. The number of halogens is 1. The molecule has 0 spiro atoms. The first-order valence-corrected chi connectivity index (χ1v) is 20.2. The van der Waals surface area contributed by atoms with Crippen molar-refractivity contribution in [1.29, 1.82) is 0 Å². The second-order valence-electron chi connectivity index (χ2n) is 14.4. The standard InChI is InChI=1S/C37H59N15O7.ClH/c1-4-18-57-20-22-59-23-21-58-19-9-39-35-40-36(49-14-10-47(11-15-49)32(55)27-51-25-31(44-45-51)24-28(2)53)42-37(41-35)50-16-12-48(13-17-50)34(56)33(29(3)54)52-26-30(43-46-52)7-5-6-8-38;/h1,25-26,28-29,33,53-54H,5-24,27,38H2,2-3H3,(H,39,40,41,42);1H/t28?,29-,33+;/m1./s1. The number of nitrogens with one attached hydrogen (secondary N) is 1.